The molecule has 12 nitrogen and oxygen atoms in total. The molecule has 5 N–H and O–H groups in total. The van der Waals surface area contributed by atoms with Crippen LogP contribution in [0, 0.1) is 5.92 Å². The molecule has 1 fully saturated rings. The largest absolute Gasteiger partial charge is 0.462 e. The zero-order valence-corrected chi connectivity index (χ0v) is 18.6. The fourth-order valence-electron chi connectivity index (χ4n) is 3.32. The van der Waals surface area contributed by atoms with Crippen molar-refractivity contribution in [3.05, 3.63) is 35.9 Å². The quantitative estimate of drug-likeness (QED) is 0.265. The van der Waals surface area contributed by atoms with Gasteiger partial charge < -0.3 is 29.7 Å². The first-order valence-corrected chi connectivity index (χ1v) is 10.7. The summed E-state index contributed by atoms with van der Waals surface area (Å²) in [7, 11) is 0. The molecule has 180 valence electrons. The zero-order chi connectivity index (χ0) is 23.8. The third-order valence-corrected chi connectivity index (χ3v) is 5.07. The maximum atomic E-state index is 12.4. The number of nitrogens with zero attached hydrogens (tertiary/aromatic N) is 2. The molecule has 12 heteroatoms. The standard InChI is InChI=1S/C21H30N6O6/c1-13(2)15(24-21(30)33-10-14-6-4-3-5-7-14)19(29)32-9-8-31-12-27-11-23-16-17(27)25-20(22)26-18(16)28/h3-7,11,13,15-17,20,25H,8-10,12,22H2,1-2H3,(H,24,30)(H,26,28)/t15-,16?,17?,20?/m0/s1. The van der Waals surface area contributed by atoms with Gasteiger partial charge in [0.1, 0.15) is 38.4 Å². The highest BCUT2D eigenvalue weighted by atomic mass is 16.6. The Morgan fingerprint density at radius 2 is 1.97 bits per heavy atom. The van der Waals surface area contributed by atoms with Crippen molar-refractivity contribution in [3.8, 4) is 0 Å². The van der Waals surface area contributed by atoms with Gasteiger partial charge in [-0.25, -0.2) is 9.59 Å². The summed E-state index contributed by atoms with van der Waals surface area (Å²) in [6.07, 6.45) is -0.238. The van der Waals surface area contributed by atoms with E-state index in [1.54, 1.807) is 18.7 Å². The molecule has 2 amide bonds. The molecule has 33 heavy (non-hydrogen) atoms. The minimum Gasteiger partial charge on any atom is -0.462 e. The second kappa shape index (κ2) is 11.6. The Balaban J connectivity index is 1.35. The second-order valence-corrected chi connectivity index (χ2v) is 7.95. The van der Waals surface area contributed by atoms with E-state index < -0.39 is 36.6 Å². The fourth-order valence-corrected chi connectivity index (χ4v) is 3.32. The number of amides is 2. The normalized spacial score (nSPS) is 22.5. The van der Waals surface area contributed by atoms with E-state index in [1.807, 2.05) is 30.3 Å². The van der Waals surface area contributed by atoms with Crippen molar-refractivity contribution in [2.75, 3.05) is 19.9 Å². The number of esters is 1. The summed E-state index contributed by atoms with van der Waals surface area (Å²) in [5, 5.41) is 8.12. The maximum absolute atomic E-state index is 12.4. The number of ether oxygens (including phenoxy) is 3. The Bertz CT molecular complexity index is 851. The molecule has 4 atom stereocenters. The maximum Gasteiger partial charge on any atom is 0.408 e. The number of fused-ring (bicyclic) bond motifs is 1. The number of carbonyl (C=O) groups excluding carboxylic acids is 3. The lowest BCUT2D eigenvalue weighted by atomic mass is 10.1. The van der Waals surface area contributed by atoms with E-state index in [0.29, 0.717) is 0 Å². The Morgan fingerprint density at radius 1 is 1.21 bits per heavy atom. The van der Waals surface area contributed by atoms with Crippen LogP contribution in [0.2, 0.25) is 0 Å². The van der Waals surface area contributed by atoms with Crippen molar-refractivity contribution < 1.29 is 28.6 Å². The van der Waals surface area contributed by atoms with Gasteiger partial charge in [-0.15, -0.1) is 0 Å². The van der Waals surface area contributed by atoms with Crippen LogP contribution in [0.1, 0.15) is 19.4 Å². The van der Waals surface area contributed by atoms with E-state index in [-0.39, 0.29) is 38.4 Å². The predicted octanol–water partition coefficient (Wildman–Crippen LogP) is -0.545. The monoisotopic (exact) mass is 462 g/mol. The van der Waals surface area contributed by atoms with Crippen molar-refractivity contribution in [3.63, 3.8) is 0 Å². The number of aliphatic imine (C=N–C) groups is 1. The SMILES string of the molecule is CC(C)[C@H](NC(=O)OCc1ccccc1)C(=O)OCCOCN1C=NC2C(=O)NC(N)NC21. The van der Waals surface area contributed by atoms with Gasteiger partial charge in [-0.2, -0.15) is 0 Å². The molecule has 2 heterocycles. The Labute approximate surface area is 191 Å². The lowest BCUT2D eigenvalue weighted by Crippen LogP contribution is -2.69. The van der Waals surface area contributed by atoms with Crippen molar-refractivity contribution >= 4 is 24.3 Å². The number of rotatable bonds is 10. The summed E-state index contributed by atoms with van der Waals surface area (Å²) in [5.41, 5.74) is 6.57. The molecule has 0 radical (unpaired) electrons. The molecule has 0 saturated carbocycles. The van der Waals surface area contributed by atoms with Gasteiger partial charge in [0.2, 0.25) is 0 Å². The highest BCUT2D eigenvalue weighted by Gasteiger charge is 2.40. The lowest BCUT2D eigenvalue weighted by molar-refractivity contribution is -0.149. The van der Waals surface area contributed by atoms with E-state index in [0.717, 1.165) is 5.56 Å². The molecule has 0 bridgehead atoms. The van der Waals surface area contributed by atoms with Gasteiger partial charge >= 0.3 is 12.1 Å². The van der Waals surface area contributed by atoms with Gasteiger partial charge in [-0.05, 0) is 11.5 Å². The molecule has 1 aromatic carbocycles. The van der Waals surface area contributed by atoms with Gasteiger partial charge in [-0.3, -0.25) is 20.8 Å². The smallest absolute Gasteiger partial charge is 0.408 e. The van der Waals surface area contributed by atoms with Crippen LogP contribution in [-0.2, 0) is 30.4 Å². The molecule has 0 aromatic heterocycles. The molecule has 2 aliphatic rings. The van der Waals surface area contributed by atoms with Crippen LogP contribution in [0.15, 0.2) is 35.3 Å². The lowest BCUT2D eigenvalue weighted by Gasteiger charge is -2.35. The van der Waals surface area contributed by atoms with Gasteiger partial charge in [-0.1, -0.05) is 44.2 Å². The predicted molar refractivity (Wildman–Crippen MR) is 117 cm³/mol. The van der Waals surface area contributed by atoms with E-state index in [9.17, 15) is 14.4 Å². The van der Waals surface area contributed by atoms with Crippen LogP contribution in [0.4, 0.5) is 4.79 Å². The fraction of sp³-hybridized carbons (Fsp3) is 0.524. The highest BCUT2D eigenvalue weighted by molar-refractivity contribution is 5.87. The van der Waals surface area contributed by atoms with Crippen LogP contribution in [0.3, 0.4) is 0 Å². The third kappa shape index (κ3) is 6.88. The average molecular weight is 463 g/mol. The number of carbonyl (C=O) groups is 3. The van der Waals surface area contributed by atoms with Crippen LogP contribution >= 0.6 is 0 Å². The van der Waals surface area contributed by atoms with Crippen molar-refractivity contribution in [2.45, 2.75) is 45.0 Å². The summed E-state index contributed by atoms with van der Waals surface area (Å²) in [6, 6.07) is 7.79. The van der Waals surface area contributed by atoms with Crippen molar-refractivity contribution in [1.29, 1.82) is 0 Å². The molecule has 0 spiro atoms. The first kappa shape index (κ1) is 24.4. The van der Waals surface area contributed by atoms with E-state index in [1.165, 1.54) is 6.34 Å². The highest BCUT2D eigenvalue weighted by Crippen LogP contribution is 2.14. The zero-order valence-electron chi connectivity index (χ0n) is 18.6. The molecule has 1 saturated heterocycles. The molecule has 0 aliphatic carbocycles. The molecule has 2 aliphatic heterocycles. The molecular weight excluding hydrogens is 432 g/mol. The summed E-state index contributed by atoms with van der Waals surface area (Å²) >= 11 is 0. The van der Waals surface area contributed by atoms with Crippen molar-refractivity contribution in [2.24, 2.45) is 16.6 Å². The van der Waals surface area contributed by atoms with Gasteiger partial charge in [0.15, 0.2) is 6.04 Å². The number of nitrogens with one attached hydrogen (secondary N) is 3. The number of alkyl carbamates (subject to hydrolysis) is 1. The number of hydrogen-bond donors (Lipinski definition) is 4. The van der Waals surface area contributed by atoms with Gasteiger partial charge in [0.05, 0.1) is 12.9 Å². The van der Waals surface area contributed by atoms with Crippen molar-refractivity contribution in [1.82, 2.24) is 20.9 Å². The van der Waals surface area contributed by atoms with Crippen LogP contribution in [0.5, 0.6) is 0 Å². The summed E-state index contributed by atoms with van der Waals surface area (Å²) in [5.74, 6) is -1.04. The van der Waals surface area contributed by atoms with Crippen LogP contribution in [0.25, 0.3) is 0 Å². The van der Waals surface area contributed by atoms with E-state index in [2.05, 4.69) is 20.9 Å². The first-order chi connectivity index (χ1) is 15.8. The molecule has 3 unspecified atom stereocenters. The average Bonchev–Trinajstić information content (AvgIpc) is 3.19. The summed E-state index contributed by atoms with van der Waals surface area (Å²) < 4.78 is 16.0. The second-order valence-electron chi connectivity index (χ2n) is 7.95. The molecule has 1 aromatic rings. The molecular formula is C21H30N6O6. The minimum atomic E-state index is -0.855. The Hall–Kier alpha value is -3.22. The topological polar surface area (TPSA) is 157 Å². The number of hydrogen-bond acceptors (Lipinski definition) is 10. The van der Waals surface area contributed by atoms with E-state index >= 15 is 0 Å². The third-order valence-electron chi connectivity index (χ3n) is 5.07. The first-order valence-electron chi connectivity index (χ1n) is 10.7. The van der Waals surface area contributed by atoms with Crippen LogP contribution < -0.4 is 21.7 Å². The minimum absolute atomic E-state index is 0.00466. The van der Waals surface area contributed by atoms with Gasteiger partial charge in [0.25, 0.3) is 5.91 Å². The number of benzene rings is 1. The molecule has 3 rings (SSSR count). The Morgan fingerprint density at radius 3 is 2.70 bits per heavy atom. The number of nitrogens with two attached hydrogens (primary N) is 1. The van der Waals surface area contributed by atoms with Crippen LogP contribution in [-0.4, -0.2) is 73.7 Å². The summed E-state index contributed by atoms with van der Waals surface area (Å²) in [6.45, 7) is 3.93. The Kier molecular flexibility index (Phi) is 8.58. The summed E-state index contributed by atoms with van der Waals surface area (Å²) in [4.78, 5) is 42.2. The van der Waals surface area contributed by atoms with E-state index in [4.69, 9.17) is 19.9 Å². The van der Waals surface area contributed by atoms with Gasteiger partial charge in [0, 0.05) is 0 Å².